The van der Waals surface area contributed by atoms with Gasteiger partial charge in [0.1, 0.15) is 17.5 Å². The lowest BCUT2D eigenvalue weighted by molar-refractivity contribution is -0.112. The number of anilines is 1. The number of amides is 1. The second-order valence-electron chi connectivity index (χ2n) is 4.72. The molecule has 0 atom stereocenters. The van der Waals surface area contributed by atoms with Gasteiger partial charge in [-0.2, -0.15) is 5.26 Å². The Labute approximate surface area is 142 Å². The van der Waals surface area contributed by atoms with E-state index in [0.29, 0.717) is 10.7 Å². The molecular weight excluding hydrogens is 338 g/mol. The zero-order chi connectivity index (χ0) is 17.0. The lowest BCUT2D eigenvalue weighted by Crippen LogP contribution is -2.13. The van der Waals surface area contributed by atoms with E-state index in [0.717, 1.165) is 11.6 Å². The Kier molecular flexibility index (Phi) is 5.38. The number of nitriles is 1. The summed E-state index contributed by atoms with van der Waals surface area (Å²) in [7, 11) is 0. The third kappa shape index (κ3) is 4.10. The number of carbonyl (C=O) groups is 1. The van der Waals surface area contributed by atoms with Gasteiger partial charge in [-0.1, -0.05) is 35.3 Å². The number of carbonyl (C=O) groups excluding carboxylic acids is 1. The molecule has 0 saturated carbocycles. The Morgan fingerprint density at radius 3 is 2.61 bits per heavy atom. The van der Waals surface area contributed by atoms with E-state index in [2.05, 4.69) is 5.32 Å². The third-order valence-corrected chi connectivity index (χ3v) is 3.82. The van der Waals surface area contributed by atoms with E-state index in [-0.39, 0.29) is 16.2 Å². The fourth-order valence-corrected chi connectivity index (χ4v) is 2.21. The molecule has 116 valence electrons. The van der Waals surface area contributed by atoms with Crippen LogP contribution in [0.4, 0.5) is 10.1 Å². The first kappa shape index (κ1) is 17.0. The molecule has 2 aromatic carbocycles. The molecule has 2 aromatic rings. The maximum Gasteiger partial charge on any atom is 0.266 e. The Morgan fingerprint density at radius 1 is 1.26 bits per heavy atom. The van der Waals surface area contributed by atoms with Crippen LogP contribution in [0.1, 0.15) is 11.1 Å². The molecule has 1 N–H and O–H groups in total. The first-order chi connectivity index (χ1) is 10.9. The Balaban J connectivity index is 2.30. The Morgan fingerprint density at radius 2 is 2.00 bits per heavy atom. The number of nitrogens with zero attached hydrogens (tertiary/aromatic N) is 1. The molecule has 3 nitrogen and oxygen atoms in total. The van der Waals surface area contributed by atoms with Crippen molar-refractivity contribution in [3.05, 3.63) is 69.0 Å². The van der Waals surface area contributed by atoms with Crippen molar-refractivity contribution in [2.75, 3.05) is 5.32 Å². The van der Waals surface area contributed by atoms with Crippen molar-refractivity contribution in [3.63, 3.8) is 0 Å². The van der Waals surface area contributed by atoms with Crippen LogP contribution in [0.2, 0.25) is 10.0 Å². The van der Waals surface area contributed by atoms with Crippen LogP contribution in [-0.2, 0) is 4.79 Å². The number of aryl methyl sites for hydroxylation is 1. The second kappa shape index (κ2) is 7.28. The summed E-state index contributed by atoms with van der Waals surface area (Å²) in [6.07, 6.45) is 1.11. The first-order valence-corrected chi connectivity index (χ1v) is 7.31. The zero-order valence-electron chi connectivity index (χ0n) is 12.0. The number of halogens is 3. The molecule has 0 aliphatic carbocycles. The van der Waals surface area contributed by atoms with Gasteiger partial charge >= 0.3 is 0 Å². The smallest absolute Gasteiger partial charge is 0.266 e. The highest BCUT2D eigenvalue weighted by molar-refractivity contribution is 6.32. The van der Waals surface area contributed by atoms with Crippen molar-refractivity contribution >= 4 is 40.9 Å². The maximum absolute atomic E-state index is 13.7. The molecule has 23 heavy (non-hydrogen) atoms. The summed E-state index contributed by atoms with van der Waals surface area (Å²) in [6, 6.07) is 10.8. The molecule has 0 fully saturated rings. The van der Waals surface area contributed by atoms with Gasteiger partial charge < -0.3 is 5.32 Å². The average Bonchev–Trinajstić information content (AvgIpc) is 2.50. The number of rotatable bonds is 3. The molecule has 0 radical (unpaired) electrons. The highest BCUT2D eigenvalue weighted by atomic mass is 35.5. The van der Waals surface area contributed by atoms with Crippen molar-refractivity contribution in [2.24, 2.45) is 0 Å². The molecule has 0 unspecified atom stereocenters. The minimum atomic E-state index is -0.674. The molecule has 0 spiro atoms. The SMILES string of the molecule is Cc1ccc(NC(=O)/C(C#N)=C\c2c(F)cccc2Cl)cc1Cl. The van der Waals surface area contributed by atoms with Gasteiger partial charge in [0, 0.05) is 16.3 Å². The molecule has 1 amide bonds. The van der Waals surface area contributed by atoms with Crippen LogP contribution in [0.5, 0.6) is 0 Å². The van der Waals surface area contributed by atoms with Crippen LogP contribution in [0.15, 0.2) is 42.0 Å². The van der Waals surface area contributed by atoms with Crippen LogP contribution in [0.3, 0.4) is 0 Å². The molecule has 0 bridgehead atoms. The van der Waals surface area contributed by atoms with Gasteiger partial charge in [-0.15, -0.1) is 0 Å². The van der Waals surface area contributed by atoms with Crippen LogP contribution in [0, 0.1) is 24.1 Å². The fourth-order valence-electron chi connectivity index (χ4n) is 1.81. The fraction of sp³-hybridized carbons (Fsp3) is 0.0588. The van der Waals surface area contributed by atoms with E-state index >= 15 is 0 Å². The highest BCUT2D eigenvalue weighted by Gasteiger charge is 2.13. The van der Waals surface area contributed by atoms with Crippen molar-refractivity contribution in [1.29, 1.82) is 5.26 Å². The van der Waals surface area contributed by atoms with E-state index < -0.39 is 11.7 Å². The Bertz CT molecular complexity index is 821. The standard InChI is InChI=1S/C17H11Cl2FN2O/c1-10-5-6-12(8-15(10)19)22-17(23)11(9-21)7-13-14(18)3-2-4-16(13)20/h2-8H,1H3,(H,22,23)/b11-7-. The molecule has 0 saturated heterocycles. The average molecular weight is 349 g/mol. The normalized spacial score (nSPS) is 11.0. The molecule has 0 aromatic heterocycles. The lowest BCUT2D eigenvalue weighted by atomic mass is 10.1. The lowest BCUT2D eigenvalue weighted by Gasteiger charge is -2.07. The highest BCUT2D eigenvalue weighted by Crippen LogP contribution is 2.23. The van der Waals surface area contributed by atoms with Crippen molar-refractivity contribution < 1.29 is 9.18 Å². The summed E-state index contributed by atoms with van der Waals surface area (Å²) in [5, 5.41) is 12.3. The van der Waals surface area contributed by atoms with Crippen LogP contribution >= 0.6 is 23.2 Å². The number of hydrogen-bond donors (Lipinski definition) is 1. The van der Waals surface area contributed by atoms with Crippen LogP contribution < -0.4 is 5.32 Å². The number of benzene rings is 2. The summed E-state index contributed by atoms with van der Waals surface area (Å²) in [4.78, 5) is 12.2. The summed E-state index contributed by atoms with van der Waals surface area (Å²) in [5.74, 6) is -1.29. The van der Waals surface area contributed by atoms with Gasteiger partial charge in [-0.25, -0.2) is 4.39 Å². The second-order valence-corrected chi connectivity index (χ2v) is 5.54. The molecule has 6 heteroatoms. The minimum Gasteiger partial charge on any atom is -0.321 e. The summed E-state index contributed by atoms with van der Waals surface area (Å²) in [6.45, 7) is 1.83. The van der Waals surface area contributed by atoms with E-state index in [1.54, 1.807) is 24.3 Å². The third-order valence-electron chi connectivity index (χ3n) is 3.08. The first-order valence-electron chi connectivity index (χ1n) is 6.55. The monoisotopic (exact) mass is 348 g/mol. The largest absolute Gasteiger partial charge is 0.321 e. The van der Waals surface area contributed by atoms with E-state index in [9.17, 15) is 9.18 Å². The zero-order valence-corrected chi connectivity index (χ0v) is 13.5. The molecule has 0 aliphatic heterocycles. The molecule has 0 aliphatic rings. The molecule has 0 heterocycles. The van der Waals surface area contributed by atoms with Gasteiger partial charge in [0.25, 0.3) is 5.91 Å². The predicted molar refractivity (Wildman–Crippen MR) is 89.8 cm³/mol. The van der Waals surface area contributed by atoms with Gasteiger partial charge in [0.2, 0.25) is 0 Å². The van der Waals surface area contributed by atoms with E-state index in [1.165, 1.54) is 18.2 Å². The van der Waals surface area contributed by atoms with Crippen LogP contribution in [0.25, 0.3) is 6.08 Å². The van der Waals surface area contributed by atoms with Crippen molar-refractivity contribution in [2.45, 2.75) is 6.92 Å². The van der Waals surface area contributed by atoms with Crippen molar-refractivity contribution in [3.8, 4) is 6.07 Å². The van der Waals surface area contributed by atoms with E-state index in [1.807, 2.05) is 6.92 Å². The minimum absolute atomic E-state index is 0.0113. The topological polar surface area (TPSA) is 52.9 Å². The number of hydrogen-bond acceptors (Lipinski definition) is 2. The summed E-state index contributed by atoms with van der Waals surface area (Å²) >= 11 is 11.9. The van der Waals surface area contributed by atoms with Gasteiger partial charge in [0.05, 0.1) is 5.02 Å². The Hall–Kier alpha value is -2.35. The van der Waals surface area contributed by atoms with Crippen LogP contribution in [-0.4, -0.2) is 5.91 Å². The molecule has 2 rings (SSSR count). The van der Waals surface area contributed by atoms with Gasteiger partial charge in [-0.3, -0.25) is 4.79 Å². The van der Waals surface area contributed by atoms with Gasteiger partial charge in [0.15, 0.2) is 0 Å². The summed E-state index contributed by atoms with van der Waals surface area (Å²) < 4.78 is 13.7. The summed E-state index contributed by atoms with van der Waals surface area (Å²) in [5.41, 5.74) is 1.02. The van der Waals surface area contributed by atoms with Crippen molar-refractivity contribution in [1.82, 2.24) is 0 Å². The molecular formula is C17H11Cl2FN2O. The number of nitrogens with one attached hydrogen (secondary N) is 1. The van der Waals surface area contributed by atoms with Gasteiger partial charge in [-0.05, 0) is 42.8 Å². The quantitative estimate of drug-likeness (QED) is 0.627. The van der Waals surface area contributed by atoms with E-state index in [4.69, 9.17) is 28.5 Å². The maximum atomic E-state index is 13.7. The predicted octanol–water partition coefficient (Wildman–Crippen LogP) is 4.99.